The molecule has 2 aromatic heterocycles. The van der Waals surface area contributed by atoms with Crippen molar-refractivity contribution < 1.29 is 26.2 Å². The number of fused-ring (bicyclic) bond motifs is 1. The monoisotopic (exact) mass is 959 g/mol. The second kappa shape index (κ2) is 16.4. The summed E-state index contributed by atoms with van der Waals surface area (Å²) >= 11 is 0. The van der Waals surface area contributed by atoms with Crippen LogP contribution in [0.4, 0.5) is 0 Å². The largest absolute Gasteiger partial charge is 0.507 e. The van der Waals surface area contributed by atoms with Crippen LogP contribution in [-0.2, 0) is 26.5 Å². The van der Waals surface area contributed by atoms with Gasteiger partial charge in [0.05, 0.1) is 22.3 Å². The van der Waals surface area contributed by atoms with Crippen LogP contribution in [0.1, 0.15) is 40.2 Å². The van der Waals surface area contributed by atoms with Gasteiger partial charge in [-0.05, 0) is 75.0 Å². The summed E-state index contributed by atoms with van der Waals surface area (Å²) in [6.45, 7) is 11.6. The molecular formula is C55H46N3OPt-. The van der Waals surface area contributed by atoms with Gasteiger partial charge in [0.1, 0.15) is 11.6 Å². The topological polar surface area (TPSA) is 50.9 Å². The first-order valence-electron chi connectivity index (χ1n) is 20.2. The molecule has 2 heterocycles. The number of hydrogen-bond acceptors (Lipinski definition) is 3. The zero-order valence-electron chi connectivity index (χ0n) is 34.4. The van der Waals surface area contributed by atoms with Gasteiger partial charge in [0.25, 0.3) is 0 Å². The molecule has 0 saturated carbocycles. The minimum atomic E-state index is -0.119. The Bertz CT molecular complexity index is 2950. The summed E-state index contributed by atoms with van der Waals surface area (Å²) in [5, 5.41) is 11.4. The first-order valence-corrected chi connectivity index (χ1v) is 20.2. The number of hydrogen-bond donors (Lipinski definition) is 1. The molecule has 298 valence electrons. The fourth-order valence-electron chi connectivity index (χ4n) is 7.84. The smallest absolute Gasteiger partial charge is 0.148 e. The van der Waals surface area contributed by atoms with Crippen LogP contribution in [0.5, 0.6) is 5.75 Å². The van der Waals surface area contributed by atoms with Crippen LogP contribution in [0.2, 0.25) is 0 Å². The van der Waals surface area contributed by atoms with Gasteiger partial charge in [-0.3, -0.25) is 9.55 Å². The first kappa shape index (κ1) is 40.4. The fraction of sp³-hybridized carbons (Fsp3) is 0.127. The van der Waals surface area contributed by atoms with Crippen molar-refractivity contribution >= 4 is 11.0 Å². The second-order valence-electron chi connectivity index (χ2n) is 16.8. The number of aromatic hydroxyl groups is 1. The molecule has 60 heavy (non-hydrogen) atoms. The quantitative estimate of drug-likeness (QED) is 0.154. The standard InChI is InChI=1S/C55H46N3O.Pt/c1-54(2,3)55(4,5)44-28-29-49(47(36-44)39-22-13-8-14-23-39)58-50-26-17-25-45(52(50)57-53(58)46-24-15-16-27-51(46)59)42-32-41(38-20-11-7-12-21-38)33-43(34-42)48-35-40(30-31-56-48)37-18-9-6-10-19-37;/h6-33,35-36,59H,1-5H3;/q-1;. The number of para-hydroxylation sites is 2. The van der Waals surface area contributed by atoms with Crippen LogP contribution >= 0.6 is 0 Å². The van der Waals surface area contributed by atoms with E-state index in [1.165, 1.54) is 5.56 Å². The third-order valence-corrected chi connectivity index (χ3v) is 12.2. The molecule has 1 N–H and O–H groups in total. The number of phenols is 1. The Morgan fingerprint density at radius 1 is 0.517 bits per heavy atom. The Morgan fingerprint density at radius 2 is 1.12 bits per heavy atom. The Balaban J connectivity index is 0.00000499. The van der Waals surface area contributed by atoms with Crippen molar-refractivity contribution in [2.75, 3.05) is 0 Å². The average Bonchev–Trinajstić information content (AvgIpc) is 3.66. The molecule has 5 heteroatoms. The van der Waals surface area contributed by atoms with E-state index in [-0.39, 0.29) is 37.6 Å². The van der Waals surface area contributed by atoms with Crippen LogP contribution < -0.4 is 0 Å². The predicted molar refractivity (Wildman–Crippen MR) is 244 cm³/mol. The van der Waals surface area contributed by atoms with Gasteiger partial charge >= 0.3 is 0 Å². The van der Waals surface area contributed by atoms with Crippen molar-refractivity contribution in [1.29, 1.82) is 0 Å². The SMILES string of the molecule is CC(C)(C)C(C)(C)c1ccc(-n2c(-c3ccccc3O)nc3c(-c4[c-]c(-c5cc(-c6ccccc6)ccn5)cc(-c5ccccc5)c4)cccc32)c(-c2ccccc2)c1.[Pt]. The molecule has 0 bridgehead atoms. The van der Waals surface area contributed by atoms with Crippen LogP contribution in [0.15, 0.2) is 182 Å². The molecule has 0 amide bonds. The van der Waals surface area contributed by atoms with Gasteiger partial charge in [-0.25, -0.2) is 4.98 Å². The van der Waals surface area contributed by atoms with Crippen LogP contribution in [0.3, 0.4) is 0 Å². The molecular weight excluding hydrogens is 914 g/mol. The van der Waals surface area contributed by atoms with E-state index in [4.69, 9.17) is 9.97 Å². The van der Waals surface area contributed by atoms with Crippen LogP contribution in [0, 0.1) is 11.5 Å². The fourth-order valence-corrected chi connectivity index (χ4v) is 7.84. The van der Waals surface area contributed by atoms with E-state index in [9.17, 15) is 5.11 Å². The number of pyridine rings is 1. The van der Waals surface area contributed by atoms with Gasteiger partial charge in [-0.15, -0.1) is 23.8 Å². The third kappa shape index (κ3) is 7.53. The molecule has 7 aromatic carbocycles. The molecule has 4 nitrogen and oxygen atoms in total. The molecule has 0 aliphatic heterocycles. The number of phenolic OH excluding ortho intramolecular Hbond substituents is 1. The number of aromatic nitrogens is 3. The summed E-state index contributed by atoms with van der Waals surface area (Å²) < 4.78 is 2.22. The summed E-state index contributed by atoms with van der Waals surface area (Å²) in [4.78, 5) is 10.3. The molecule has 0 aliphatic rings. The van der Waals surface area contributed by atoms with Gasteiger partial charge in [0, 0.05) is 38.5 Å². The van der Waals surface area contributed by atoms with Crippen LogP contribution in [-0.4, -0.2) is 19.6 Å². The molecule has 9 rings (SSSR count). The molecule has 0 atom stereocenters. The molecule has 0 unspecified atom stereocenters. The maximum Gasteiger partial charge on any atom is 0.148 e. The summed E-state index contributed by atoms with van der Waals surface area (Å²) in [7, 11) is 0. The molecule has 0 aliphatic carbocycles. The minimum Gasteiger partial charge on any atom is -0.507 e. The number of rotatable bonds is 8. The Hall–Kier alpha value is -6.35. The van der Waals surface area contributed by atoms with Crippen molar-refractivity contribution in [3.8, 4) is 78.6 Å². The molecule has 9 aromatic rings. The van der Waals surface area contributed by atoms with E-state index in [0.717, 1.165) is 72.5 Å². The molecule has 0 spiro atoms. The number of benzene rings is 7. The van der Waals surface area contributed by atoms with E-state index in [1.807, 2.05) is 36.5 Å². The number of imidazole rings is 1. The Kier molecular flexibility index (Phi) is 11.0. The van der Waals surface area contributed by atoms with E-state index < -0.39 is 0 Å². The van der Waals surface area contributed by atoms with E-state index in [2.05, 4.69) is 185 Å². The van der Waals surface area contributed by atoms with Gasteiger partial charge < -0.3 is 5.11 Å². The normalized spacial score (nSPS) is 11.7. The minimum absolute atomic E-state index is 0. The van der Waals surface area contributed by atoms with Gasteiger partial charge in [0.15, 0.2) is 0 Å². The Morgan fingerprint density at radius 3 is 1.78 bits per heavy atom. The van der Waals surface area contributed by atoms with Gasteiger partial charge in [-0.1, -0.05) is 179 Å². The zero-order valence-corrected chi connectivity index (χ0v) is 36.7. The number of nitrogens with zero attached hydrogens (tertiary/aromatic N) is 3. The maximum absolute atomic E-state index is 11.4. The Labute approximate surface area is 367 Å². The van der Waals surface area contributed by atoms with Crippen molar-refractivity contribution in [2.24, 2.45) is 5.41 Å². The predicted octanol–water partition coefficient (Wildman–Crippen LogP) is 14.2. The third-order valence-electron chi connectivity index (χ3n) is 12.2. The van der Waals surface area contributed by atoms with Crippen molar-refractivity contribution in [2.45, 2.75) is 40.0 Å². The summed E-state index contributed by atoms with van der Waals surface area (Å²) in [6, 6.07) is 64.4. The van der Waals surface area contributed by atoms with Gasteiger partial charge in [0.2, 0.25) is 0 Å². The molecule has 0 fully saturated rings. The molecule has 0 saturated heterocycles. The average molecular weight is 960 g/mol. The van der Waals surface area contributed by atoms with Crippen molar-refractivity contribution in [3.63, 3.8) is 0 Å². The summed E-state index contributed by atoms with van der Waals surface area (Å²) in [5.74, 6) is 0.823. The second-order valence-corrected chi connectivity index (χ2v) is 16.8. The van der Waals surface area contributed by atoms with Crippen LogP contribution in [0.25, 0.3) is 83.9 Å². The summed E-state index contributed by atoms with van der Waals surface area (Å²) in [6.07, 6.45) is 1.87. The van der Waals surface area contributed by atoms with E-state index in [1.54, 1.807) is 6.07 Å². The zero-order chi connectivity index (χ0) is 40.7. The summed E-state index contributed by atoms with van der Waals surface area (Å²) in [5.41, 5.74) is 14.6. The maximum atomic E-state index is 11.4. The van der Waals surface area contributed by atoms with Crippen molar-refractivity contribution in [1.82, 2.24) is 14.5 Å². The van der Waals surface area contributed by atoms with Gasteiger partial charge in [-0.2, -0.15) is 0 Å². The van der Waals surface area contributed by atoms with E-state index in [0.29, 0.717) is 11.4 Å². The first-order chi connectivity index (χ1) is 28.6. The van der Waals surface area contributed by atoms with E-state index >= 15 is 0 Å². The molecule has 0 radical (unpaired) electrons. The van der Waals surface area contributed by atoms with Crippen molar-refractivity contribution in [3.05, 3.63) is 194 Å².